The molecule has 1 atom stereocenters. The van der Waals surface area contributed by atoms with Gasteiger partial charge in [-0.15, -0.1) is 0 Å². The molecule has 7 nitrogen and oxygen atoms in total. The molecule has 2 heterocycles. The van der Waals surface area contributed by atoms with Crippen LogP contribution in [-0.4, -0.2) is 41.1 Å². The highest BCUT2D eigenvalue weighted by Gasteiger charge is 2.30. The summed E-state index contributed by atoms with van der Waals surface area (Å²) in [5, 5.41) is 11.6. The van der Waals surface area contributed by atoms with E-state index in [2.05, 4.69) is 16.9 Å². The van der Waals surface area contributed by atoms with Gasteiger partial charge in [-0.1, -0.05) is 6.92 Å². The number of hydrogen-bond donors (Lipinski definition) is 0. The van der Waals surface area contributed by atoms with Crippen molar-refractivity contribution in [3.8, 4) is 0 Å². The summed E-state index contributed by atoms with van der Waals surface area (Å²) >= 11 is 0. The largest absolute Gasteiger partial charge is 0.353 e. The van der Waals surface area contributed by atoms with Gasteiger partial charge in [0.15, 0.2) is 0 Å². The van der Waals surface area contributed by atoms with Crippen molar-refractivity contribution < 1.29 is 4.92 Å². The highest BCUT2D eigenvalue weighted by atomic mass is 16.6. The molecule has 0 saturated carbocycles. The number of piperidine rings is 1. The summed E-state index contributed by atoms with van der Waals surface area (Å²) in [5.74, 6) is 1.42. The monoisotopic (exact) mass is 293 g/mol. The van der Waals surface area contributed by atoms with Gasteiger partial charge in [0.25, 0.3) is 0 Å². The zero-order valence-corrected chi connectivity index (χ0v) is 12.9. The first-order valence-corrected chi connectivity index (χ1v) is 7.57. The van der Waals surface area contributed by atoms with Crippen LogP contribution >= 0.6 is 0 Å². The molecule has 0 aliphatic carbocycles. The molecule has 2 rings (SSSR count). The maximum Gasteiger partial charge on any atom is 0.353 e. The zero-order chi connectivity index (χ0) is 15.4. The van der Waals surface area contributed by atoms with Gasteiger partial charge in [-0.2, -0.15) is 0 Å². The minimum absolute atomic E-state index is 0.0373. The van der Waals surface area contributed by atoms with E-state index in [0.29, 0.717) is 30.6 Å². The predicted molar refractivity (Wildman–Crippen MR) is 82.9 cm³/mol. The zero-order valence-electron chi connectivity index (χ0n) is 12.9. The maximum absolute atomic E-state index is 11.6. The summed E-state index contributed by atoms with van der Waals surface area (Å²) in [6.45, 7) is 9.12. The van der Waals surface area contributed by atoms with E-state index < -0.39 is 0 Å². The summed E-state index contributed by atoms with van der Waals surface area (Å²) in [6.07, 6.45) is 3.65. The third kappa shape index (κ3) is 3.22. The van der Waals surface area contributed by atoms with Crippen LogP contribution in [0.15, 0.2) is 6.33 Å². The number of rotatable bonds is 5. The van der Waals surface area contributed by atoms with Crippen LogP contribution in [0.3, 0.4) is 0 Å². The fraction of sp³-hybridized carbons (Fsp3) is 0.714. The average Bonchev–Trinajstić information content (AvgIpc) is 2.48. The Hall–Kier alpha value is -1.92. The van der Waals surface area contributed by atoms with Crippen LogP contribution in [0.25, 0.3) is 0 Å². The molecule has 116 valence electrons. The molecule has 0 N–H and O–H groups in total. The van der Waals surface area contributed by atoms with Gasteiger partial charge in [-0.3, -0.25) is 10.1 Å². The van der Waals surface area contributed by atoms with E-state index in [4.69, 9.17) is 0 Å². The standard InChI is InChI=1S/C14H23N5O2/c1-4-17(5-2)13-12(19(20)21)14(16-10-15-13)18-8-6-7-11(3)9-18/h10-11H,4-9H2,1-3H3. The Morgan fingerprint density at radius 1 is 1.43 bits per heavy atom. The van der Waals surface area contributed by atoms with Gasteiger partial charge in [-0.05, 0) is 32.6 Å². The first kappa shape index (κ1) is 15.5. The Morgan fingerprint density at radius 2 is 2.14 bits per heavy atom. The van der Waals surface area contributed by atoms with Gasteiger partial charge in [-0.25, -0.2) is 9.97 Å². The molecule has 0 aromatic carbocycles. The van der Waals surface area contributed by atoms with E-state index >= 15 is 0 Å². The predicted octanol–water partition coefficient (Wildman–Crippen LogP) is 2.47. The topological polar surface area (TPSA) is 75.4 Å². The molecule has 0 spiro atoms. The average molecular weight is 293 g/mol. The fourth-order valence-electron chi connectivity index (χ4n) is 2.89. The minimum atomic E-state index is -0.345. The number of aromatic nitrogens is 2. The Labute approximate surface area is 125 Å². The Balaban J connectivity index is 2.45. The van der Waals surface area contributed by atoms with E-state index in [1.807, 2.05) is 23.6 Å². The SMILES string of the molecule is CCN(CC)c1ncnc(N2CCCC(C)C2)c1[N+](=O)[O-]. The highest BCUT2D eigenvalue weighted by molar-refractivity contribution is 5.71. The van der Waals surface area contributed by atoms with E-state index in [1.165, 1.54) is 6.33 Å². The van der Waals surface area contributed by atoms with Crippen LogP contribution in [-0.2, 0) is 0 Å². The number of nitrogens with zero attached hydrogens (tertiary/aromatic N) is 5. The number of hydrogen-bond acceptors (Lipinski definition) is 6. The van der Waals surface area contributed by atoms with Crippen molar-refractivity contribution in [3.63, 3.8) is 0 Å². The van der Waals surface area contributed by atoms with E-state index in [-0.39, 0.29) is 10.6 Å². The van der Waals surface area contributed by atoms with Crippen LogP contribution in [0.4, 0.5) is 17.3 Å². The normalized spacial score (nSPS) is 18.6. The molecule has 1 aliphatic heterocycles. The molecule has 0 radical (unpaired) electrons. The van der Waals surface area contributed by atoms with Crippen molar-refractivity contribution in [1.82, 2.24) is 9.97 Å². The molecule has 1 fully saturated rings. The number of nitro groups is 1. The van der Waals surface area contributed by atoms with Crippen LogP contribution in [0, 0.1) is 16.0 Å². The molecule has 1 saturated heterocycles. The van der Waals surface area contributed by atoms with Gasteiger partial charge in [0.05, 0.1) is 4.92 Å². The van der Waals surface area contributed by atoms with Crippen molar-refractivity contribution in [2.75, 3.05) is 36.0 Å². The van der Waals surface area contributed by atoms with Crippen molar-refractivity contribution in [1.29, 1.82) is 0 Å². The summed E-state index contributed by atoms with van der Waals surface area (Å²) < 4.78 is 0. The maximum atomic E-state index is 11.6. The van der Waals surface area contributed by atoms with Gasteiger partial charge in [0.1, 0.15) is 6.33 Å². The molecule has 1 aromatic heterocycles. The summed E-state index contributed by atoms with van der Waals surface area (Å²) in [6, 6.07) is 0. The van der Waals surface area contributed by atoms with Gasteiger partial charge < -0.3 is 9.80 Å². The Bertz CT molecular complexity index is 504. The molecule has 1 aliphatic rings. The molecule has 0 bridgehead atoms. The third-order valence-corrected chi connectivity index (χ3v) is 3.99. The molecular formula is C14H23N5O2. The lowest BCUT2D eigenvalue weighted by atomic mass is 10.0. The molecule has 7 heteroatoms. The van der Waals surface area contributed by atoms with E-state index in [1.54, 1.807) is 0 Å². The minimum Gasteiger partial charge on any atom is -0.351 e. The second kappa shape index (κ2) is 6.69. The fourth-order valence-corrected chi connectivity index (χ4v) is 2.89. The van der Waals surface area contributed by atoms with Crippen molar-refractivity contribution in [3.05, 3.63) is 16.4 Å². The lowest BCUT2D eigenvalue weighted by Crippen LogP contribution is -2.36. The van der Waals surface area contributed by atoms with Gasteiger partial charge in [0, 0.05) is 26.2 Å². The second-order valence-corrected chi connectivity index (χ2v) is 5.49. The Kier molecular flexibility index (Phi) is 4.93. The van der Waals surface area contributed by atoms with Crippen LogP contribution in [0.2, 0.25) is 0 Å². The number of anilines is 2. The third-order valence-electron chi connectivity index (χ3n) is 3.99. The Morgan fingerprint density at radius 3 is 2.71 bits per heavy atom. The van der Waals surface area contributed by atoms with Gasteiger partial charge in [0.2, 0.25) is 11.6 Å². The summed E-state index contributed by atoms with van der Waals surface area (Å²) in [4.78, 5) is 23.5. The molecule has 0 amide bonds. The molecule has 21 heavy (non-hydrogen) atoms. The van der Waals surface area contributed by atoms with Crippen molar-refractivity contribution in [2.45, 2.75) is 33.6 Å². The lowest BCUT2D eigenvalue weighted by molar-refractivity contribution is -0.383. The van der Waals surface area contributed by atoms with Crippen molar-refractivity contribution >= 4 is 17.3 Å². The van der Waals surface area contributed by atoms with Crippen LogP contribution in [0.1, 0.15) is 33.6 Å². The molecular weight excluding hydrogens is 270 g/mol. The highest BCUT2D eigenvalue weighted by Crippen LogP contribution is 2.35. The smallest absolute Gasteiger partial charge is 0.351 e. The quantitative estimate of drug-likeness (QED) is 0.613. The van der Waals surface area contributed by atoms with Crippen molar-refractivity contribution in [2.24, 2.45) is 5.92 Å². The van der Waals surface area contributed by atoms with Gasteiger partial charge >= 0.3 is 5.69 Å². The van der Waals surface area contributed by atoms with Crippen LogP contribution in [0.5, 0.6) is 0 Å². The molecule has 1 aromatic rings. The summed E-state index contributed by atoms with van der Waals surface area (Å²) in [7, 11) is 0. The van der Waals surface area contributed by atoms with E-state index in [9.17, 15) is 10.1 Å². The molecule has 1 unspecified atom stereocenters. The second-order valence-electron chi connectivity index (χ2n) is 5.49. The van der Waals surface area contributed by atoms with E-state index in [0.717, 1.165) is 25.9 Å². The summed E-state index contributed by atoms with van der Waals surface area (Å²) in [5.41, 5.74) is 0.0373. The first-order valence-electron chi connectivity index (χ1n) is 7.57. The first-order chi connectivity index (χ1) is 10.1. The van der Waals surface area contributed by atoms with Crippen LogP contribution < -0.4 is 9.80 Å². The lowest BCUT2D eigenvalue weighted by Gasteiger charge is -2.32.